The molecule has 0 heterocycles. The molecule has 0 aliphatic carbocycles. The summed E-state index contributed by atoms with van der Waals surface area (Å²) in [4.78, 5) is 24.9. The zero-order chi connectivity index (χ0) is 23.1. The zero-order valence-corrected chi connectivity index (χ0v) is 19.3. The first kappa shape index (κ1) is 23.4. The lowest BCUT2D eigenvalue weighted by atomic mass is 10.2. The van der Waals surface area contributed by atoms with Gasteiger partial charge in [0.2, 0.25) is 0 Å². The second-order valence-corrected chi connectivity index (χ2v) is 7.79. The van der Waals surface area contributed by atoms with Crippen LogP contribution in [0.2, 0.25) is 0 Å². The van der Waals surface area contributed by atoms with Crippen molar-refractivity contribution in [3.8, 4) is 5.75 Å². The molecule has 0 unspecified atom stereocenters. The number of rotatable bonds is 6. The van der Waals surface area contributed by atoms with Crippen molar-refractivity contribution in [1.82, 2.24) is 5.32 Å². The number of thiocarbonyl (C=S) groups is 1. The number of nitrogens with one attached hydrogen (secondary N) is 3. The fourth-order valence-electron chi connectivity index (χ4n) is 2.73. The molecule has 6 nitrogen and oxygen atoms in total. The van der Waals surface area contributed by atoms with E-state index in [0.717, 1.165) is 0 Å². The molecular formula is C23H19BrFN3O3S. The van der Waals surface area contributed by atoms with Gasteiger partial charge in [-0.2, -0.15) is 0 Å². The maximum absolute atomic E-state index is 13.0. The minimum Gasteiger partial charge on any atom is -0.493 e. The number of amides is 2. The first-order valence-corrected chi connectivity index (χ1v) is 10.8. The molecular weight excluding hydrogens is 497 g/mol. The van der Waals surface area contributed by atoms with Crippen LogP contribution in [0.15, 0.2) is 71.2 Å². The fourth-order valence-corrected chi connectivity index (χ4v) is 3.43. The first-order valence-electron chi connectivity index (χ1n) is 9.57. The Morgan fingerprint density at radius 2 is 1.66 bits per heavy atom. The van der Waals surface area contributed by atoms with Gasteiger partial charge in [-0.15, -0.1) is 0 Å². The molecule has 0 aliphatic heterocycles. The SMILES string of the molecule is CCOc1ccc(C(=O)NC(=S)Nc2cccc(C(=O)Nc3ccc(F)cc3)c2)cc1Br. The minimum atomic E-state index is -0.392. The Morgan fingerprint density at radius 1 is 0.938 bits per heavy atom. The molecule has 3 rings (SSSR count). The van der Waals surface area contributed by atoms with Crippen LogP contribution in [0.1, 0.15) is 27.6 Å². The van der Waals surface area contributed by atoms with Crippen LogP contribution in [0.25, 0.3) is 0 Å². The minimum absolute atomic E-state index is 0.0797. The summed E-state index contributed by atoms with van der Waals surface area (Å²) in [5.41, 5.74) is 1.76. The van der Waals surface area contributed by atoms with Gasteiger partial charge in [-0.3, -0.25) is 14.9 Å². The Labute approximate surface area is 198 Å². The number of halogens is 2. The lowest BCUT2D eigenvalue weighted by Gasteiger charge is -2.12. The third kappa shape index (κ3) is 6.35. The first-order chi connectivity index (χ1) is 15.4. The molecule has 9 heteroatoms. The maximum Gasteiger partial charge on any atom is 0.257 e. The number of ether oxygens (including phenoxy) is 1. The van der Waals surface area contributed by atoms with E-state index in [2.05, 4.69) is 31.9 Å². The summed E-state index contributed by atoms with van der Waals surface area (Å²) < 4.78 is 19.1. The molecule has 32 heavy (non-hydrogen) atoms. The molecule has 0 spiro atoms. The summed E-state index contributed by atoms with van der Waals surface area (Å²) in [6.45, 7) is 2.39. The Hall–Kier alpha value is -3.30. The lowest BCUT2D eigenvalue weighted by Crippen LogP contribution is -2.34. The third-order valence-corrected chi connectivity index (χ3v) is 5.03. The van der Waals surface area contributed by atoms with Crippen molar-refractivity contribution < 1.29 is 18.7 Å². The van der Waals surface area contributed by atoms with Crippen molar-refractivity contribution in [2.24, 2.45) is 0 Å². The number of carbonyl (C=O) groups excluding carboxylic acids is 2. The highest BCUT2D eigenvalue weighted by Gasteiger charge is 2.12. The van der Waals surface area contributed by atoms with E-state index < -0.39 is 5.91 Å². The van der Waals surface area contributed by atoms with E-state index >= 15 is 0 Å². The normalized spacial score (nSPS) is 10.2. The van der Waals surface area contributed by atoms with E-state index in [1.54, 1.807) is 42.5 Å². The predicted molar refractivity (Wildman–Crippen MR) is 130 cm³/mol. The van der Waals surface area contributed by atoms with Gasteiger partial charge in [0.25, 0.3) is 11.8 Å². The van der Waals surface area contributed by atoms with Crippen molar-refractivity contribution in [2.45, 2.75) is 6.92 Å². The molecule has 0 aliphatic rings. The van der Waals surface area contributed by atoms with E-state index in [1.165, 1.54) is 24.3 Å². The second kappa shape index (κ2) is 10.8. The van der Waals surface area contributed by atoms with Gasteiger partial charge >= 0.3 is 0 Å². The molecule has 0 atom stereocenters. The van der Waals surface area contributed by atoms with Gasteiger partial charge in [-0.1, -0.05) is 6.07 Å². The van der Waals surface area contributed by atoms with Crippen LogP contribution < -0.4 is 20.7 Å². The molecule has 3 aromatic rings. The van der Waals surface area contributed by atoms with Gasteiger partial charge in [-0.25, -0.2) is 4.39 Å². The predicted octanol–water partition coefficient (Wildman–Crippen LogP) is 5.37. The van der Waals surface area contributed by atoms with Crippen LogP contribution in [0.5, 0.6) is 5.75 Å². The number of hydrogen-bond donors (Lipinski definition) is 3. The van der Waals surface area contributed by atoms with Gasteiger partial charge < -0.3 is 15.4 Å². The molecule has 0 saturated carbocycles. The monoisotopic (exact) mass is 515 g/mol. The topological polar surface area (TPSA) is 79.5 Å². The van der Waals surface area contributed by atoms with Gasteiger partial charge in [0.05, 0.1) is 11.1 Å². The molecule has 3 aromatic carbocycles. The standard InChI is InChI=1S/C23H19BrFN3O3S/c1-2-31-20-11-6-15(13-19(20)24)22(30)28-23(32)27-18-5-3-4-14(12-18)21(29)26-17-9-7-16(25)8-10-17/h3-13H,2H2,1H3,(H,26,29)(H2,27,28,30,32). The highest BCUT2D eigenvalue weighted by molar-refractivity contribution is 9.10. The number of benzene rings is 3. The summed E-state index contributed by atoms with van der Waals surface area (Å²) in [6.07, 6.45) is 0. The molecule has 0 saturated heterocycles. The quantitative estimate of drug-likeness (QED) is 0.384. The largest absolute Gasteiger partial charge is 0.493 e. The maximum atomic E-state index is 13.0. The lowest BCUT2D eigenvalue weighted by molar-refractivity contribution is 0.0976. The number of hydrogen-bond acceptors (Lipinski definition) is 4. The molecule has 0 fully saturated rings. The van der Waals surface area contributed by atoms with Crippen LogP contribution in [0.4, 0.5) is 15.8 Å². The Kier molecular flexibility index (Phi) is 7.91. The van der Waals surface area contributed by atoms with E-state index in [9.17, 15) is 14.0 Å². The van der Waals surface area contributed by atoms with Crippen LogP contribution in [0.3, 0.4) is 0 Å². The highest BCUT2D eigenvalue weighted by atomic mass is 79.9. The molecule has 0 radical (unpaired) electrons. The summed E-state index contributed by atoms with van der Waals surface area (Å²) in [5, 5.41) is 8.26. The van der Waals surface area contributed by atoms with Crippen molar-refractivity contribution >= 4 is 56.4 Å². The van der Waals surface area contributed by atoms with Gasteiger partial charge in [0, 0.05) is 22.5 Å². The molecule has 0 aromatic heterocycles. The van der Waals surface area contributed by atoms with Gasteiger partial charge in [-0.05, 0) is 95.7 Å². The van der Waals surface area contributed by atoms with Crippen molar-refractivity contribution in [1.29, 1.82) is 0 Å². The molecule has 3 N–H and O–H groups in total. The molecule has 164 valence electrons. The number of carbonyl (C=O) groups is 2. The van der Waals surface area contributed by atoms with Crippen molar-refractivity contribution in [3.05, 3.63) is 88.1 Å². The van der Waals surface area contributed by atoms with Gasteiger partial charge in [0.1, 0.15) is 11.6 Å². The van der Waals surface area contributed by atoms with Crippen LogP contribution in [-0.4, -0.2) is 23.5 Å². The smallest absolute Gasteiger partial charge is 0.257 e. The van der Waals surface area contributed by atoms with Crippen molar-refractivity contribution in [2.75, 3.05) is 17.2 Å². The van der Waals surface area contributed by atoms with Crippen LogP contribution in [0, 0.1) is 5.82 Å². The second-order valence-electron chi connectivity index (χ2n) is 6.53. The zero-order valence-electron chi connectivity index (χ0n) is 16.9. The van der Waals surface area contributed by atoms with Crippen LogP contribution in [-0.2, 0) is 0 Å². The summed E-state index contributed by atoms with van der Waals surface area (Å²) in [7, 11) is 0. The third-order valence-electron chi connectivity index (χ3n) is 4.21. The molecule has 0 bridgehead atoms. The van der Waals surface area contributed by atoms with E-state index in [4.69, 9.17) is 17.0 Å². The number of anilines is 2. The van der Waals surface area contributed by atoms with Gasteiger partial charge in [0.15, 0.2) is 5.11 Å². The van der Waals surface area contributed by atoms with Crippen LogP contribution >= 0.6 is 28.1 Å². The summed E-state index contributed by atoms with van der Waals surface area (Å²) in [6, 6.07) is 17.0. The van der Waals surface area contributed by atoms with E-state index in [0.29, 0.717) is 39.3 Å². The summed E-state index contributed by atoms with van der Waals surface area (Å²) >= 11 is 8.60. The molecule has 2 amide bonds. The Balaban J connectivity index is 1.61. The van der Waals surface area contributed by atoms with E-state index in [-0.39, 0.29) is 16.8 Å². The van der Waals surface area contributed by atoms with Crippen molar-refractivity contribution in [3.63, 3.8) is 0 Å². The fraction of sp³-hybridized carbons (Fsp3) is 0.0870. The Morgan fingerprint density at radius 3 is 2.34 bits per heavy atom. The average molecular weight is 516 g/mol. The average Bonchev–Trinajstić information content (AvgIpc) is 2.77. The Bertz CT molecular complexity index is 1160. The highest BCUT2D eigenvalue weighted by Crippen LogP contribution is 2.26. The van der Waals surface area contributed by atoms with E-state index in [1.807, 2.05) is 6.92 Å². The summed E-state index contributed by atoms with van der Waals surface area (Å²) in [5.74, 6) is -0.506.